The molecule has 1 heterocycles. The molecular weight excluding hydrogens is 459 g/mol. The van der Waals surface area contributed by atoms with E-state index in [1.54, 1.807) is 7.05 Å². The van der Waals surface area contributed by atoms with Crippen molar-refractivity contribution in [1.82, 2.24) is 16.0 Å². The number of halogens is 1. The summed E-state index contributed by atoms with van der Waals surface area (Å²) in [5, 5.41) is 9.37. The molecular formula is C19H31IN4O3. The van der Waals surface area contributed by atoms with Gasteiger partial charge in [0.2, 0.25) is 0 Å². The molecule has 0 radical (unpaired) electrons. The third-order valence-electron chi connectivity index (χ3n) is 4.13. The van der Waals surface area contributed by atoms with Gasteiger partial charge < -0.3 is 25.4 Å². The van der Waals surface area contributed by atoms with Crippen LogP contribution in [0.2, 0.25) is 0 Å². The molecule has 0 aliphatic carbocycles. The van der Waals surface area contributed by atoms with Crippen LogP contribution < -0.4 is 16.0 Å². The molecule has 1 unspecified atom stereocenters. The SMILES string of the molecule is CCOCCNC(=NC)NCc1cccc(C(=O)NCC2CCCO2)c1.I. The van der Waals surface area contributed by atoms with Gasteiger partial charge in [0.1, 0.15) is 0 Å². The molecule has 2 rings (SSSR count). The van der Waals surface area contributed by atoms with E-state index in [4.69, 9.17) is 9.47 Å². The number of nitrogens with zero attached hydrogens (tertiary/aromatic N) is 1. The second kappa shape index (κ2) is 13.7. The Morgan fingerprint density at radius 1 is 1.33 bits per heavy atom. The highest BCUT2D eigenvalue weighted by molar-refractivity contribution is 14.0. The van der Waals surface area contributed by atoms with Crippen molar-refractivity contribution in [3.05, 3.63) is 35.4 Å². The maximum atomic E-state index is 12.3. The van der Waals surface area contributed by atoms with Crippen LogP contribution in [0, 0.1) is 0 Å². The number of benzene rings is 1. The van der Waals surface area contributed by atoms with Crippen molar-refractivity contribution in [3.8, 4) is 0 Å². The van der Waals surface area contributed by atoms with Crippen molar-refractivity contribution in [2.45, 2.75) is 32.4 Å². The number of hydrogen-bond acceptors (Lipinski definition) is 4. The van der Waals surface area contributed by atoms with Gasteiger partial charge >= 0.3 is 0 Å². The first-order valence-electron chi connectivity index (χ1n) is 9.24. The van der Waals surface area contributed by atoms with Gasteiger partial charge in [-0.2, -0.15) is 0 Å². The Kier molecular flexibility index (Phi) is 12.0. The van der Waals surface area contributed by atoms with Crippen LogP contribution in [0.4, 0.5) is 0 Å². The third kappa shape index (κ3) is 8.89. The summed E-state index contributed by atoms with van der Waals surface area (Å²) in [5.74, 6) is 0.638. The number of carbonyl (C=O) groups is 1. The third-order valence-corrected chi connectivity index (χ3v) is 4.13. The number of ether oxygens (including phenoxy) is 2. The lowest BCUT2D eigenvalue weighted by Gasteiger charge is -2.13. The summed E-state index contributed by atoms with van der Waals surface area (Å²) in [6, 6.07) is 7.59. The molecule has 1 fully saturated rings. The summed E-state index contributed by atoms with van der Waals surface area (Å²) in [4.78, 5) is 16.5. The fourth-order valence-electron chi connectivity index (χ4n) is 2.73. The molecule has 0 spiro atoms. The first-order valence-corrected chi connectivity index (χ1v) is 9.24. The number of carbonyl (C=O) groups excluding carboxylic acids is 1. The lowest BCUT2D eigenvalue weighted by Crippen LogP contribution is -2.38. The normalized spacial score (nSPS) is 16.5. The minimum absolute atomic E-state index is 0. The number of guanidine groups is 1. The van der Waals surface area contributed by atoms with Gasteiger partial charge in [-0.15, -0.1) is 24.0 Å². The number of aliphatic imine (C=N–C) groups is 1. The molecule has 1 amide bonds. The van der Waals surface area contributed by atoms with E-state index in [-0.39, 0.29) is 36.0 Å². The highest BCUT2D eigenvalue weighted by Crippen LogP contribution is 2.11. The topological polar surface area (TPSA) is 84.0 Å². The summed E-state index contributed by atoms with van der Waals surface area (Å²) in [5.41, 5.74) is 1.67. The average Bonchev–Trinajstić information content (AvgIpc) is 3.19. The molecule has 1 aromatic rings. The van der Waals surface area contributed by atoms with Crippen molar-refractivity contribution >= 4 is 35.8 Å². The summed E-state index contributed by atoms with van der Waals surface area (Å²) in [7, 11) is 1.73. The van der Waals surface area contributed by atoms with Gasteiger partial charge in [0.25, 0.3) is 5.91 Å². The highest BCUT2D eigenvalue weighted by Gasteiger charge is 2.16. The zero-order valence-electron chi connectivity index (χ0n) is 16.1. The molecule has 1 aliphatic heterocycles. The number of nitrogens with one attached hydrogen (secondary N) is 3. The van der Waals surface area contributed by atoms with Crippen LogP contribution in [0.15, 0.2) is 29.3 Å². The fourth-order valence-corrected chi connectivity index (χ4v) is 2.73. The predicted octanol–water partition coefficient (Wildman–Crippen LogP) is 1.91. The number of hydrogen-bond donors (Lipinski definition) is 3. The van der Waals surface area contributed by atoms with Crippen molar-refractivity contribution < 1.29 is 14.3 Å². The molecule has 1 aromatic carbocycles. The zero-order chi connectivity index (χ0) is 18.6. The van der Waals surface area contributed by atoms with Crippen LogP contribution in [0.1, 0.15) is 35.7 Å². The van der Waals surface area contributed by atoms with E-state index in [0.29, 0.717) is 44.4 Å². The largest absolute Gasteiger partial charge is 0.380 e. The van der Waals surface area contributed by atoms with E-state index in [1.165, 1.54) is 0 Å². The van der Waals surface area contributed by atoms with Gasteiger partial charge in [-0.1, -0.05) is 12.1 Å². The van der Waals surface area contributed by atoms with Gasteiger partial charge in [-0.3, -0.25) is 9.79 Å². The minimum Gasteiger partial charge on any atom is -0.380 e. The van der Waals surface area contributed by atoms with Gasteiger partial charge in [-0.25, -0.2) is 0 Å². The first-order chi connectivity index (χ1) is 12.7. The molecule has 8 heteroatoms. The molecule has 1 saturated heterocycles. The summed E-state index contributed by atoms with van der Waals surface area (Å²) in [6.07, 6.45) is 2.23. The molecule has 3 N–H and O–H groups in total. The minimum atomic E-state index is -0.0680. The van der Waals surface area contributed by atoms with E-state index in [9.17, 15) is 4.79 Å². The van der Waals surface area contributed by atoms with Crippen molar-refractivity contribution in [2.24, 2.45) is 4.99 Å². The standard InChI is InChI=1S/C19H30N4O3.HI/c1-3-25-11-9-21-19(20-2)23-13-15-6-4-7-16(12-15)18(24)22-14-17-8-5-10-26-17;/h4,6-7,12,17H,3,5,8-11,13-14H2,1-2H3,(H,22,24)(H2,20,21,23);1H. The number of amides is 1. The Labute approximate surface area is 178 Å². The summed E-state index contributed by atoms with van der Waals surface area (Å²) < 4.78 is 10.8. The van der Waals surface area contributed by atoms with Crippen molar-refractivity contribution in [1.29, 1.82) is 0 Å². The Bertz CT molecular complexity index is 592. The van der Waals surface area contributed by atoms with Crippen LogP contribution >= 0.6 is 24.0 Å². The fraction of sp³-hybridized carbons (Fsp3) is 0.579. The van der Waals surface area contributed by atoms with E-state index >= 15 is 0 Å². The maximum Gasteiger partial charge on any atom is 0.251 e. The Morgan fingerprint density at radius 2 is 2.19 bits per heavy atom. The lowest BCUT2D eigenvalue weighted by molar-refractivity contribution is 0.0857. The van der Waals surface area contributed by atoms with Crippen LogP contribution in [-0.4, -0.2) is 57.9 Å². The van der Waals surface area contributed by atoms with E-state index in [0.717, 1.165) is 25.0 Å². The van der Waals surface area contributed by atoms with Crippen LogP contribution in [0.5, 0.6) is 0 Å². The van der Waals surface area contributed by atoms with Crippen LogP contribution in [0.25, 0.3) is 0 Å². The average molecular weight is 490 g/mol. The monoisotopic (exact) mass is 490 g/mol. The second-order valence-corrected chi connectivity index (χ2v) is 6.09. The zero-order valence-corrected chi connectivity index (χ0v) is 18.5. The molecule has 0 bridgehead atoms. The Balaban J connectivity index is 0.00000364. The Morgan fingerprint density at radius 3 is 2.89 bits per heavy atom. The smallest absolute Gasteiger partial charge is 0.251 e. The molecule has 152 valence electrons. The molecule has 0 saturated carbocycles. The summed E-state index contributed by atoms with van der Waals surface area (Å²) >= 11 is 0. The van der Waals surface area contributed by atoms with E-state index in [2.05, 4.69) is 20.9 Å². The molecule has 1 atom stereocenters. The summed E-state index contributed by atoms with van der Waals surface area (Å²) in [6.45, 7) is 5.95. The van der Waals surface area contributed by atoms with Gasteiger partial charge in [0.05, 0.1) is 12.7 Å². The Hall–Kier alpha value is -1.39. The van der Waals surface area contributed by atoms with E-state index in [1.807, 2.05) is 31.2 Å². The van der Waals surface area contributed by atoms with Gasteiger partial charge in [0.15, 0.2) is 5.96 Å². The quantitative estimate of drug-likeness (QED) is 0.213. The van der Waals surface area contributed by atoms with Gasteiger partial charge in [0, 0.05) is 45.5 Å². The molecule has 7 nitrogen and oxygen atoms in total. The van der Waals surface area contributed by atoms with Gasteiger partial charge in [-0.05, 0) is 37.5 Å². The molecule has 0 aromatic heterocycles. The van der Waals surface area contributed by atoms with Crippen molar-refractivity contribution in [2.75, 3.05) is 40.0 Å². The molecule has 27 heavy (non-hydrogen) atoms. The predicted molar refractivity (Wildman–Crippen MR) is 118 cm³/mol. The van der Waals surface area contributed by atoms with Crippen molar-refractivity contribution in [3.63, 3.8) is 0 Å². The maximum absolute atomic E-state index is 12.3. The van der Waals surface area contributed by atoms with Crippen LogP contribution in [-0.2, 0) is 16.0 Å². The van der Waals surface area contributed by atoms with Crippen LogP contribution in [0.3, 0.4) is 0 Å². The molecule has 1 aliphatic rings. The second-order valence-electron chi connectivity index (χ2n) is 6.09. The highest BCUT2D eigenvalue weighted by atomic mass is 127. The van der Waals surface area contributed by atoms with E-state index < -0.39 is 0 Å². The first kappa shape index (κ1) is 23.6. The number of rotatable bonds is 9. The lowest BCUT2D eigenvalue weighted by atomic mass is 10.1.